The van der Waals surface area contributed by atoms with E-state index in [9.17, 15) is 4.79 Å². The summed E-state index contributed by atoms with van der Waals surface area (Å²) in [5, 5.41) is 0. The molecule has 0 N–H and O–H groups in total. The summed E-state index contributed by atoms with van der Waals surface area (Å²) in [4.78, 5) is 17.8. The van der Waals surface area contributed by atoms with Crippen molar-refractivity contribution in [2.75, 3.05) is 45.9 Å². The molecule has 0 saturated carbocycles. The highest BCUT2D eigenvalue weighted by molar-refractivity contribution is 5.94. The molecule has 0 atom stereocenters. The van der Waals surface area contributed by atoms with Crippen LogP contribution in [0.25, 0.3) is 6.08 Å². The number of hydrogen-bond acceptors (Lipinski definition) is 3. The number of rotatable bonds is 7. The summed E-state index contributed by atoms with van der Waals surface area (Å²) < 4.78 is 5.46. The maximum Gasteiger partial charge on any atom is 0.254 e. The molecule has 0 unspecified atom stereocenters. The molecule has 1 saturated heterocycles. The Hall–Kier alpha value is -2.43. The standard InChI is InChI=1S/C27H36N2O2/c1-22(20-23-8-6-5-7-9-23)21-29(15-14-28-16-18-31-19-17-28)26(30)24-10-12-25(13-11-24)27(2,3)4/h5-13,20H,14-19,21H2,1-4H3. The van der Waals surface area contributed by atoms with Crippen molar-refractivity contribution >= 4 is 12.0 Å². The van der Waals surface area contributed by atoms with Crippen LogP contribution in [-0.2, 0) is 10.2 Å². The Labute approximate surface area is 187 Å². The molecular formula is C27H36N2O2. The third-order valence-corrected chi connectivity index (χ3v) is 5.73. The lowest BCUT2D eigenvalue weighted by atomic mass is 9.86. The van der Waals surface area contributed by atoms with Crippen molar-refractivity contribution in [3.05, 3.63) is 76.9 Å². The number of benzene rings is 2. The number of amides is 1. The smallest absolute Gasteiger partial charge is 0.254 e. The molecule has 0 spiro atoms. The van der Waals surface area contributed by atoms with Crippen LogP contribution in [0.4, 0.5) is 0 Å². The van der Waals surface area contributed by atoms with E-state index in [1.807, 2.05) is 35.2 Å². The molecular weight excluding hydrogens is 384 g/mol. The molecule has 2 aromatic carbocycles. The minimum absolute atomic E-state index is 0.0760. The molecule has 1 heterocycles. The Bertz CT molecular complexity index is 860. The molecule has 2 aromatic rings. The second kappa shape index (κ2) is 10.7. The molecule has 1 aliphatic rings. The maximum atomic E-state index is 13.4. The topological polar surface area (TPSA) is 32.8 Å². The van der Waals surface area contributed by atoms with Crippen molar-refractivity contribution in [1.29, 1.82) is 0 Å². The highest BCUT2D eigenvalue weighted by atomic mass is 16.5. The molecule has 0 radical (unpaired) electrons. The average molecular weight is 421 g/mol. The van der Waals surface area contributed by atoms with E-state index < -0.39 is 0 Å². The van der Waals surface area contributed by atoms with Crippen LogP contribution < -0.4 is 0 Å². The Morgan fingerprint density at radius 3 is 2.29 bits per heavy atom. The third kappa shape index (κ3) is 7.05. The predicted octanol–water partition coefficient (Wildman–Crippen LogP) is 4.86. The summed E-state index contributed by atoms with van der Waals surface area (Å²) in [6.07, 6.45) is 2.16. The van der Waals surface area contributed by atoms with E-state index in [1.165, 1.54) is 11.1 Å². The van der Waals surface area contributed by atoms with Gasteiger partial charge >= 0.3 is 0 Å². The quantitative estimate of drug-likeness (QED) is 0.641. The summed E-state index contributed by atoms with van der Waals surface area (Å²) in [7, 11) is 0. The number of nitrogens with zero attached hydrogens (tertiary/aromatic N) is 2. The van der Waals surface area contributed by atoms with Crippen molar-refractivity contribution < 1.29 is 9.53 Å². The number of carbonyl (C=O) groups excluding carboxylic acids is 1. The fraction of sp³-hybridized carbons (Fsp3) is 0.444. The van der Waals surface area contributed by atoms with Crippen molar-refractivity contribution in [2.45, 2.75) is 33.1 Å². The summed E-state index contributed by atoms with van der Waals surface area (Å²) in [6, 6.07) is 18.4. The van der Waals surface area contributed by atoms with Crippen LogP contribution in [0, 0.1) is 0 Å². The minimum Gasteiger partial charge on any atom is -0.379 e. The SMILES string of the molecule is CC(=Cc1ccccc1)CN(CCN1CCOCC1)C(=O)c1ccc(C(C)(C)C)cc1. The average Bonchev–Trinajstić information content (AvgIpc) is 2.77. The van der Waals surface area contributed by atoms with Gasteiger partial charge in [-0.05, 0) is 35.6 Å². The van der Waals surface area contributed by atoms with E-state index >= 15 is 0 Å². The Balaban J connectivity index is 1.75. The van der Waals surface area contributed by atoms with Gasteiger partial charge in [0, 0.05) is 38.3 Å². The first kappa shape index (κ1) is 23.2. The van der Waals surface area contributed by atoms with Gasteiger partial charge in [-0.15, -0.1) is 0 Å². The largest absolute Gasteiger partial charge is 0.379 e. The van der Waals surface area contributed by atoms with Crippen molar-refractivity contribution in [2.24, 2.45) is 0 Å². The molecule has 1 fully saturated rings. The summed E-state index contributed by atoms with van der Waals surface area (Å²) in [6.45, 7) is 14.3. The van der Waals surface area contributed by atoms with E-state index in [-0.39, 0.29) is 11.3 Å². The Morgan fingerprint density at radius 1 is 1.03 bits per heavy atom. The van der Waals surface area contributed by atoms with E-state index in [0.717, 1.165) is 44.0 Å². The van der Waals surface area contributed by atoms with Gasteiger partial charge in [0.15, 0.2) is 0 Å². The Morgan fingerprint density at radius 2 is 1.68 bits per heavy atom. The normalized spacial score (nSPS) is 15.7. The van der Waals surface area contributed by atoms with E-state index in [2.05, 4.69) is 62.9 Å². The van der Waals surface area contributed by atoms with Gasteiger partial charge in [0.1, 0.15) is 0 Å². The predicted molar refractivity (Wildman–Crippen MR) is 128 cm³/mol. The van der Waals surface area contributed by atoms with Gasteiger partial charge in [-0.3, -0.25) is 9.69 Å². The van der Waals surface area contributed by atoms with E-state index in [1.54, 1.807) is 0 Å². The second-order valence-corrected chi connectivity index (χ2v) is 9.41. The monoisotopic (exact) mass is 420 g/mol. The lowest BCUT2D eigenvalue weighted by molar-refractivity contribution is 0.0330. The second-order valence-electron chi connectivity index (χ2n) is 9.41. The van der Waals surface area contributed by atoms with E-state index in [4.69, 9.17) is 4.74 Å². The van der Waals surface area contributed by atoms with Gasteiger partial charge in [0.2, 0.25) is 0 Å². The van der Waals surface area contributed by atoms with Gasteiger partial charge < -0.3 is 9.64 Å². The van der Waals surface area contributed by atoms with Crippen LogP contribution in [0.15, 0.2) is 60.2 Å². The van der Waals surface area contributed by atoms with E-state index in [0.29, 0.717) is 13.1 Å². The number of carbonyl (C=O) groups is 1. The van der Waals surface area contributed by atoms with Crippen LogP contribution >= 0.6 is 0 Å². The van der Waals surface area contributed by atoms with Crippen LogP contribution in [0.5, 0.6) is 0 Å². The van der Waals surface area contributed by atoms with Gasteiger partial charge in [0.25, 0.3) is 5.91 Å². The zero-order valence-electron chi connectivity index (χ0n) is 19.4. The molecule has 0 aromatic heterocycles. The number of ether oxygens (including phenoxy) is 1. The van der Waals surface area contributed by atoms with Crippen LogP contribution in [0.3, 0.4) is 0 Å². The van der Waals surface area contributed by atoms with Crippen LogP contribution in [0.1, 0.15) is 49.2 Å². The van der Waals surface area contributed by atoms with Crippen molar-refractivity contribution in [3.8, 4) is 0 Å². The zero-order valence-corrected chi connectivity index (χ0v) is 19.4. The number of hydrogen-bond donors (Lipinski definition) is 0. The van der Waals surface area contributed by atoms with Gasteiger partial charge in [-0.2, -0.15) is 0 Å². The fourth-order valence-corrected chi connectivity index (χ4v) is 3.82. The first-order chi connectivity index (χ1) is 14.8. The van der Waals surface area contributed by atoms with Gasteiger partial charge in [0.05, 0.1) is 13.2 Å². The van der Waals surface area contributed by atoms with Crippen LogP contribution in [0.2, 0.25) is 0 Å². The molecule has 0 bridgehead atoms. The summed E-state index contributed by atoms with van der Waals surface area (Å²) in [5.74, 6) is 0.0922. The van der Waals surface area contributed by atoms with Crippen molar-refractivity contribution in [3.63, 3.8) is 0 Å². The van der Waals surface area contributed by atoms with Crippen LogP contribution in [-0.4, -0.2) is 61.6 Å². The van der Waals surface area contributed by atoms with Crippen molar-refractivity contribution in [1.82, 2.24) is 9.80 Å². The molecule has 0 aliphatic carbocycles. The molecule has 31 heavy (non-hydrogen) atoms. The molecule has 3 rings (SSSR count). The maximum absolute atomic E-state index is 13.4. The van der Waals surface area contributed by atoms with Gasteiger partial charge in [-0.1, -0.05) is 74.9 Å². The fourth-order valence-electron chi connectivity index (χ4n) is 3.82. The molecule has 4 nitrogen and oxygen atoms in total. The molecule has 1 amide bonds. The molecule has 4 heteroatoms. The number of morpholine rings is 1. The zero-order chi connectivity index (χ0) is 22.3. The first-order valence-corrected chi connectivity index (χ1v) is 11.2. The molecule has 166 valence electrons. The highest BCUT2D eigenvalue weighted by Crippen LogP contribution is 2.22. The Kier molecular flexibility index (Phi) is 8.05. The van der Waals surface area contributed by atoms with Gasteiger partial charge in [-0.25, -0.2) is 0 Å². The molecule has 1 aliphatic heterocycles. The summed E-state index contributed by atoms with van der Waals surface area (Å²) >= 11 is 0. The first-order valence-electron chi connectivity index (χ1n) is 11.2. The lowest BCUT2D eigenvalue weighted by Gasteiger charge is -2.30. The minimum atomic E-state index is 0.0760. The third-order valence-electron chi connectivity index (χ3n) is 5.73. The summed E-state index contributed by atoms with van der Waals surface area (Å²) in [5.41, 5.74) is 4.40. The lowest BCUT2D eigenvalue weighted by Crippen LogP contribution is -2.43. The highest BCUT2D eigenvalue weighted by Gasteiger charge is 2.20.